The van der Waals surface area contributed by atoms with Gasteiger partial charge in [0.15, 0.2) is 0 Å². The van der Waals surface area contributed by atoms with Crippen molar-refractivity contribution >= 4 is 17.8 Å². The predicted molar refractivity (Wildman–Crippen MR) is 122 cm³/mol. The summed E-state index contributed by atoms with van der Waals surface area (Å²) in [6, 6.07) is 9.59. The van der Waals surface area contributed by atoms with E-state index in [0.717, 1.165) is 38.8 Å². The zero-order valence-electron chi connectivity index (χ0n) is 19.0. The van der Waals surface area contributed by atoms with Crippen LogP contribution >= 0.6 is 0 Å². The van der Waals surface area contributed by atoms with E-state index in [0.29, 0.717) is 13.1 Å². The Morgan fingerprint density at radius 2 is 1.81 bits per heavy atom. The zero-order chi connectivity index (χ0) is 22.7. The van der Waals surface area contributed by atoms with Gasteiger partial charge >= 0.3 is 6.03 Å². The van der Waals surface area contributed by atoms with E-state index in [1.807, 2.05) is 36.9 Å². The molecule has 2 heterocycles. The van der Waals surface area contributed by atoms with Gasteiger partial charge in [0, 0.05) is 44.2 Å². The fraction of sp³-hybridized carbons (Fsp3) is 0.625. The summed E-state index contributed by atoms with van der Waals surface area (Å²) in [6.07, 6.45) is 3.44. The molecule has 2 aliphatic heterocycles. The molecule has 0 unspecified atom stereocenters. The van der Waals surface area contributed by atoms with Crippen LogP contribution in [0.25, 0.3) is 0 Å². The Kier molecular flexibility index (Phi) is 6.98. The first-order valence-electron chi connectivity index (χ1n) is 11.8. The third-order valence-electron chi connectivity index (χ3n) is 6.48. The first-order chi connectivity index (χ1) is 15.4. The van der Waals surface area contributed by atoms with Crippen LogP contribution in [-0.2, 0) is 16.0 Å². The van der Waals surface area contributed by atoms with Crippen molar-refractivity contribution in [3.05, 3.63) is 35.9 Å². The minimum absolute atomic E-state index is 0.00464. The summed E-state index contributed by atoms with van der Waals surface area (Å²) >= 11 is 0. The van der Waals surface area contributed by atoms with Crippen molar-refractivity contribution < 1.29 is 14.4 Å². The van der Waals surface area contributed by atoms with Crippen LogP contribution in [0.5, 0.6) is 0 Å². The van der Waals surface area contributed by atoms with Gasteiger partial charge in [-0.2, -0.15) is 0 Å². The third kappa shape index (κ3) is 5.79. The molecule has 3 atom stereocenters. The third-order valence-corrected chi connectivity index (χ3v) is 6.48. The smallest absolute Gasteiger partial charge is 0.315 e. The number of hydrogen-bond donors (Lipinski definition) is 3. The lowest BCUT2D eigenvalue weighted by atomic mass is 10.1. The lowest BCUT2D eigenvalue weighted by Gasteiger charge is -2.25. The van der Waals surface area contributed by atoms with Crippen molar-refractivity contribution in [2.24, 2.45) is 5.92 Å². The minimum Gasteiger partial charge on any atom is -0.343 e. The molecule has 3 N–H and O–H groups in total. The van der Waals surface area contributed by atoms with Crippen LogP contribution in [0.1, 0.15) is 38.7 Å². The molecule has 2 saturated heterocycles. The van der Waals surface area contributed by atoms with E-state index >= 15 is 0 Å². The number of carbonyl (C=O) groups is 3. The van der Waals surface area contributed by atoms with E-state index in [1.165, 1.54) is 5.56 Å². The van der Waals surface area contributed by atoms with Gasteiger partial charge in [-0.25, -0.2) is 4.79 Å². The van der Waals surface area contributed by atoms with Gasteiger partial charge in [0.1, 0.15) is 6.04 Å². The van der Waals surface area contributed by atoms with Crippen molar-refractivity contribution in [2.75, 3.05) is 26.2 Å². The number of hydrogen-bond acceptors (Lipinski definition) is 4. The summed E-state index contributed by atoms with van der Waals surface area (Å²) in [4.78, 5) is 42.2. The van der Waals surface area contributed by atoms with E-state index in [9.17, 15) is 14.4 Å². The normalized spacial score (nSPS) is 25.9. The average Bonchev–Trinajstić information content (AvgIpc) is 3.54. The Hall–Kier alpha value is -2.61. The Morgan fingerprint density at radius 1 is 1.06 bits per heavy atom. The highest BCUT2D eigenvalue weighted by molar-refractivity contribution is 5.90. The zero-order valence-corrected chi connectivity index (χ0v) is 19.0. The van der Waals surface area contributed by atoms with E-state index in [-0.39, 0.29) is 41.9 Å². The highest BCUT2D eigenvalue weighted by Crippen LogP contribution is 2.29. The molecule has 32 heavy (non-hydrogen) atoms. The fourth-order valence-electron chi connectivity index (χ4n) is 4.72. The van der Waals surface area contributed by atoms with Gasteiger partial charge in [-0.05, 0) is 45.1 Å². The molecule has 3 fully saturated rings. The summed E-state index contributed by atoms with van der Waals surface area (Å²) in [5, 5.41) is 8.89. The highest BCUT2D eigenvalue weighted by atomic mass is 16.2. The molecule has 4 rings (SSSR count). The van der Waals surface area contributed by atoms with Crippen LogP contribution in [0.15, 0.2) is 30.3 Å². The Balaban J connectivity index is 1.44. The van der Waals surface area contributed by atoms with Crippen LogP contribution in [-0.4, -0.2) is 78.0 Å². The second-order valence-electron chi connectivity index (χ2n) is 9.68. The summed E-state index contributed by atoms with van der Waals surface area (Å²) in [7, 11) is 0. The van der Waals surface area contributed by atoms with Crippen LogP contribution < -0.4 is 16.0 Å². The minimum atomic E-state index is -0.535. The fourth-order valence-corrected chi connectivity index (χ4v) is 4.72. The molecule has 1 aromatic rings. The lowest BCUT2D eigenvalue weighted by molar-refractivity contribution is -0.136. The van der Waals surface area contributed by atoms with Gasteiger partial charge in [-0.1, -0.05) is 30.3 Å². The molecule has 1 saturated carbocycles. The average molecular weight is 442 g/mol. The maximum Gasteiger partial charge on any atom is 0.315 e. The number of amides is 4. The molecule has 8 heteroatoms. The van der Waals surface area contributed by atoms with Gasteiger partial charge in [0.2, 0.25) is 11.8 Å². The standard InChI is InChI=1S/C24H35N5O3/c1-16(2)25-24(32)26-19-12-20-14-28(11-10-17-6-4-3-5-7-17)15-21(23(31)29(20)13-19)27-22(30)18-8-9-18/h3-7,16,18-21H,8-15H2,1-2H3,(H,27,30)(H2,25,26,32)/t19-,20-,21-/m0/s1. The van der Waals surface area contributed by atoms with Crippen molar-refractivity contribution in [2.45, 2.75) is 63.7 Å². The highest BCUT2D eigenvalue weighted by Gasteiger charge is 2.43. The first kappa shape index (κ1) is 22.6. The number of rotatable bonds is 7. The molecule has 8 nitrogen and oxygen atoms in total. The Morgan fingerprint density at radius 3 is 2.50 bits per heavy atom. The number of fused-ring (bicyclic) bond motifs is 1. The molecule has 1 aliphatic carbocycles. The molecule has 3 aliphatic rings. The molecule has 0 radical (unpaired) electrons. The maximum atomic E-state index is 13.4. The van der Waals surface area contributed by atoms with Crippen LogP contribution in [0, 0.1) is 5.92 Å². The second-order valence-corrected chi connectivity index (χ2v) is 9.68. The first-order valence-corrected chi connectivity index (χ1v) is 11.8. The summed E-state index contributed by atoms with van der Waals surface area (Å²) < 4.78 is 0. The van der Waals surface area contributed by atoms with Gasteiger partial charge in [-0.3, -0.25) is 14.5 Å². The molecule has 0 bridgehead atoms. The second kappa shape index (κ2) is 9.90. The summed E-state index contributed by atoms with van der Waals surface area (Å²) in [5.41, 5.74) is 1.26. The van der Waals surface area contributed by atoms with E-state index in [2.05, 4.69) is 33.0 Å². The lowest BCUT2D eigenvalue weighted by Crippen LogP contribution is -2.52. The van der Waals surface area contributed by atoms with Gasteiger partial charge in [0.05, 0.1) is 6.04 Å². The van der Waals surface area contributed by atoms with Crippen LogP contribution in [0.4, 0.5) is 4.79 Å². The number of benzene rings is 1. The van der Waals surface area contributed by atoms with Gasteiger partial charge in [0.25, 0.3) is 0 Å². The molecular formula is C24H35N5O3. The number of carbonyl (C=O) groups excluding carboxylic acids is 3. The van der Waals surface area contributed by atoms with E-state index in [1.54, 1.807) is 0 Å². The summed E-state index contributed by atoms with van der Waals surface area (Å²) in [5.74, 6) is 0.0297. The van der Waals surface area contributed by atoms with Crippen LogP contribution in [0.2, 0.25) is 0 Å². The van der Waals surface area contributed by atoms with Crippen molar-refractivity contribution in [3.63, 3.8) is 0 Å². The number of nitrogens with one attached hydrogen (secondary N) is 3. The predicted octanol–water partition coefficient (Wildman–Crippen LogP) is 1.12. The molecule has 174 valence electrons. The largest absolute Gasteiger partial charge is 0.343 e. The monoisotopic (exact) mass is 441 g/mol. The van der Waals surface area contributed by atoms with Crippen molar-refractivity contribution in [1.82, 2.24) is 25.8 Å². The Bertz CT molecular complexity index is 826. The van der Waals surface area contributed by atoms with Gasteiger partial charge in [-0.15, -0.1) is 0 Å². The SMILES string of the molecule is CC(C)NC(=O)N[C@H]1C[C@H]2CN(CCc3ccccc3)C[C@H](NC(=O)C3CC3)C(=O)N2C1. The maximum absolute atomic E-state index is 13.4. The van der Waals surface area contributed by atoms with Crippen LogP contribution in [0.3, 0.4) is 0 Å². The molecule has 0 spiro atoms. The topological polar surface area (TPSA) is 93.8 Å². The van der Waals surface area contributed by atoms with Crippen molar-refractivity contribution in [3.8, 4) is 0 Å². The summed E-state index contributed by atoms with van der Waals surface area (Å²) in [6.45, 7) is 6.42. The van der Waals surface area contributed by atoms with Crippen molar-refractivity contribution in [1.29, 1.82) is 0 Å². The number of nitrogens with zero attached hydrogens (tertiary/aromatic N) is 2. The molecule has 1 aromatic carbocycles. The quantitative estimate of drug-likeness (QED) is 0.591. The Labute approximate surface area is 190 Å². The molecule has 4 amide bonds. The molecular weight excluding hydrogens is 406 g/mol. The molecule has 0 aromatic heterocycles. The number of urea groups is 1. The van der Waals surface area contributed by atoms with Gasteiger partial charge < -0.3 is 20.9 Å². The van der Waals surface area contributed by atoms with E-state index < -0.39 is 6.04 Å². The van der Waals surface area contributed by atoms with E-state index in [4.69, 9.17) is 0 Å².